The summed E-state index contributed by atoms with van der Waals surface area (Å²) in [5, 5.41) is 0. The lowest BCUT2D eigenvalue weighted by Crippen LogP contribution is -2.03. The van der Waals surface area contributed by atoms with Crippen molar-refractivity contribution < 1.29 is 19.0 Å². The lowest BCUT2D eigenvalue weighted by atomic mass is 10.0. The van der Waals surface area contributed by atoms with Gasteiger partial charge in [0.25, 0.3) is 0 Å². The molecular formula is C15H15NO4. The first-order valence-corrected chi connectivity index (χ1v) is 5.95. The summed E-state index contributed by atoms with van der Waals surface area (Å²) in [6, 6.07) is 6.66. The Hall–Kier alpha value is -2.56. The molecule has 1 aromatic carbocycles. The van der Waals surface area contributed by atoms with Gasteiger partial charge in [0.05, 0.1) is 27.5 Å². The van der Waals surface area contributed by atoms with E-state index < -0.39 is 0 Å². The SMILES string of the molecule is COc1cncc(C(=O)c2ccc(OC)c(OC)c2)c1. The van der Waals surface area contributed by atoms with E-state index in [-0.39, 0.29) is 5.78 Å². The molecule has 5 nitrogen and oxygen atoms in total. The van der Waals surface area contributed by atoms with Gasteiger partial charge in [0.15, 0.2) is 17.3 Å². The number of hydrogen-bond donors (Lipinski definition) is 0. The van der Waals surface area contributed by atoms with Crippen molar-refractivity contribution in [3.05, 3.63) is 47.8 Å². The zero-order valence-corrected chi connectivity index (χ0v) is 11.5. The number of carbonyl (C=O) groups is 1. The molecule has 104 valence electrons. The standard InChI is InChI=1S/C15H15NO4/c1-18-12-6-11(8-16-9-12)15(17)10-4-5-13(19-2)14(7-10)20-3/h4-9H,1-3H3. The summed E-state index contributed by atoms with van der Waals surface area (Å²) in [6.07, 6.45) is 3.05. The Balaban J connectivity index is 2.37. The van der Waals surface area contributed by atoms with Gasteiger partial charge in [0.2, 0.25) is 0 Å². The van der Waals surface area contributed by atoms with E-state index in [1.165, 1.54) is 20.4 Å². The molecule has 20 heavy (non-hydrogen) atoms. The second kappa shape index (κ2) is 6.06. The molecule has 0 saturated heterocycles. The third kappa shape index (κ3) is 2.71. The molecule has 0 aliphatic carbocycles. The highest BCUT2D eigenvalue weighted by molar-refractivity contribution is 6.09. The van der Waals surface area contributed by atoms with Crippen molar-refractivity contribution in [3.63, 3.8) is 0 Å². The normalized spacial score (nSPS) is 9.95. The van der Waals surface area contributed by atoms with E-state index in [1.807, 2.05) is 0 Å². The van der Waals surface area contributed by atoms with Gasteiger partial charge in [-0.25, -0.2) is 0 Å². The van der Waals surface area contributed by atoms with E-state index in [0.29, 0.717) is 28.4 Å². The second-order valence-electron chi connectivity index (χ2n) is 4.01. The maximum atomic E-state index is 12.4. The molecule has 0 aliphatic heterocycles. The van der Waals surface area contributed by atoms with E-state index in [9.17, 15) is 4.79 Å². The van der Waals surface area contributed by atoms with Gasteiger partial charge in [-0.3, -0.25) is 9.78 Å². The van der Waals surface area contributed by atoms with Crippen LogP contribution in [0.25, 0.3) is 0 Å². The Bertz CT molecular complexity index is 625. The highest BCUT2D eigenvalue weighted by atomic mass is 16.5. The third-order valence-corrected chi connectivity index (χ3v) is 2.86. The molecule has 0 unspecified atom stereocenters. The lowest BCUT2D eigenvalue weighted by molar-refractivity contribution is 0.103. The number of hydrogen-bond acceptors (Lipinski definition) is 5. The van der Waals surface area contributed by atoms with Gasteiger partial charge in [-0.2, -0.15) is 0 Å². The van der Waals surface area contributed by atoms with Crippen molar-refractivity contribution in [2.24, 2.45) is 0 Å². The summed E-state index contributed by atoms with van der Waals surface area (Å²) in [4.78, 5) is 16.4. The molecule has 2 aromatic rings. The third-order valence-electron chi connectivity index (χ3n) is 2.86. The highest BCUT2D eigenvalue weighted by Gasteiger charge is 2.13. The zero-order valence-electron chi connectivity index (χ0n) is 11.5. The van der Waals surface area contributed by atoms with E-state index in [0.717, 1.165) is 0 Å². The fraction of sp³-hybridized carbons (Fsp3) is 0.200. The number of benzene rings is 1. The average Bonchev–Trinajstić information content (AvgIpc) is 2.53. The van der Waals surface area contributed by atoms with Crippen molar-refractivity contribution in [2.75, 3.05) is 21.3 Å². The summed E-state index contributed by atoms with van der Waals surface area (Å²) in [6.45, 7) is 0. The number of nitrogens with zero attached hydrogens (tertiary/aromatic N) is 1. The smallest absolute Gasteiger partial charge is 0.194 e. The highest BCUT2D eigenvalue weighted by Crippen LogP contribution is 2.28. The quantitative estimate of drug-likeness (QED) is 0.783. The Kier molecular flexibility index (Phi) is 4.20. The summed E-state index contributed by atoms with van der Waals surface area (Å²) in [7, 11) is 4.60. The molecular weight excluding hydrogens is 258 g/mol. The van der Waals surface area contributed by atoms with Crippen LogP contribution in [0, 0.1) is 0 Å². The molecule has 1 aromatic heterocycles. The fourth-order valence-corrected chi connectivity index (χ4v) is 1.80. The number of ketones is 1. The monoisotopic (exact) mass is 273 g/mol. The molecule has 0 amide bonds. The minimum atomic E-state index is -0.155. The molecule has 0 fully saturated rings. The molecule has 1 heterocycles. The van der Waals surface area contributed by atoms with E-state index in [1.54, 1.807) is 37.6 Å². The van der Waals surface area contributed by atoms with Crippen molar-refractivity contribution in [3.8, 4) is 17.2 Å². The van der Waals surface area contributed by atoms with Gasteiger partial charge < -0.3 is 14.2 Å². The van der Waals surface area contributed by atoms with Gasteiger partial charge in [-0.1, -0.05) is 0 Å². The number of ether oxygens (including phenoxy) is 3. The van der Waals surface area contributed by atoms with Crippen LogP contribution in [0.2, 0.25) is 0 Å². The van der Waals surface area contributed by atoms with Crippen molar-refractivity contribution in [1.29, 1.82) is 0 Å². The first kappa shape index (κ1) is 13.9. The van der Waals surface area contributed by atoms with Crippen LogP contribution in [0.3, 0.4) is 0 Å². The van der Waals surface area contributed by atoms with Crippen LogP contribution in [-0.2, 0) is 0 Å². The molecule has 0 N–H and O–H groups in total. The van der Waals surface area contributed by atoms with Crippen LogP contribution in [-0.4, -0.2) is 32.1 Å². The van der Waals surface area contributed by atoms with Gasteiger partial charge in [-0.15, -0.1) is 0 Å². The van der Waals surface area contributed by atoms with Crippen LogP contribution >= 0.6 is 0 Å². The van der Waals surface area contributed by atoms with Gasteiger partial charge >= 0.3 is 0 Å². The Morgan fingerprint density at radius 1 is 0.900 bits per heavy atom. The van der Waals surface area contributed by atoms with Crippen LogP contribution in [0.15, 0.2) is 36.7 Å². The maximum Gasteiger partial charge on any atom is 0.194 e. The lowest BCUT2D eigenvalue weighted by Gasteiger charge is -2.09. The summed E-state index contributed by atoms with van der Waals surface area (Å²) in [5.41, 5.74) is 0.953. The first-order chi connectivity index (χ1) is 9.69. The number of rotatable bonds is 5. The fourth-order valence-electron chi connectivity index (χ4n) is 1.80. The summed E-state index contributed by atoms with van der Waals surface area (Å²) >= 11 is 0. The molecule has 0 spiro atoms. The van der Waals surface area contributed by atoms with Crippen LogP contribution in [0.1, 0.15) is 15.9 Å². The molecule has 5 heteroatoms. The van der Waals surface area contributed by atoms with Gasteiger partial charge in [0, 0.05) is 17.3 Å². The van der Waals surface area contributed by atoms with E-state index in [4.69, 9.17) is 14.2 Å². The minimum absolute atomic E-state index is 0.155. The number of aromatic nitrogens is 1. The molecule has 0 atom stereocenters. The number of carbonyl (C=O) groups excluding carboxylic acids is 1. The molecule has 0 aliphatic rings. The summed E-state index contributed by atoms with van der Waals surface area (Å²) < 4.78 is 15.4. The average molecular weight is 273 g/mol. The number of pyridine rings is 1. The van der Waals surface area contributed by atoms with Crippen molar-refractivity contribution in [2.45, 2.75) is 0 Å². The van der Waals surface area contributed by atoms with E-state index >= 15 is 0 Å². The molecule has 0 saturated carbocycles. The topological polar surface area (TPSA) is 57.7 Å². The van der Waals surface area contributed by atoms with Crippen molar-refractivity contribution >= 4 is 5.78 Å². The van der Waals surface area contributed by atoms with Crippen LogP contribution < -0.4 is 14.2 Å². The maximum absolute atomic E-state index is 12.4. The predicted octanol–water partition coefficient (Wildman–Crippen LogP) is 2.34. The van der Waals surface area contributed by atoms with Crippen LogP contribution in [0.4, 0.5) is 0 Å². The minimum Gasteiger partial charge on any atom is -0.495 e. The Morgan fingerprint density at radius 2 is 1.65 bits per heavy atom. The van der Waals surface area contributed by atoms with Crippen molar-refractivity contribution in [1.82, 2.24) is 4.98 Å². The van der Waals surface area contributed by atoms with Gasteiger partial charge in [-0.05, 0) is 24.3 Å². The first-order valence-electron chi connectivity index (χ1n) is 5.95. The Morgan fingerprint density at radius 3 is 2.30 bits per heavy atom. The Labute approximate surface area is 117 Å². The number of methoxy groups -OCH3 is 3. The molecule has 0 radical (unpaired) electrons. The predicted molar refractivity (Wildman–Crippen MR) is 73.8 cm³/mol. The van der Waals surface area contributed by atoms with Crippen LogP contribution in [0.5, 0.6) is 17.2 Å². The largest absolute Gasteiger partial charge is 0.495 e. The zero-order chi connectivity index (χ0) is 14.5. The van der Waals surface area contributed by atoms with E-state index in [2.05, 4.69) is 4.98 Å². The van der Waals surface area contributed by atoms with Gasteiger partial charge in [0.1, 0.15) is 5.75 Å². The summed E-state index contributed by atoms with van der Waals surface area (Å²) in [5.74, 6) is 1.47. The molecule has 0 bridgehead atoms. The molecule has 2 rings (SSSR count). The second-order valence-corrected chi connectivity index (χ2v) is 4.01.